The van der Waals surface area contributed by atoms with Crippen molar-refractivity contribution in [2.24, 2.45) is 0 Å². The van der Waals surface area contributed by atoms with Crippen LogP contribution < -0.4 is 4.90 Å². The van der Waals surface area contributed by atoms with Gasteiger partial charge in [0.2, 0.25) is 11.7 Å². The van der Waals surface area contributed by atoms with Crippen LogP contribution in [0.4, 0.5) is 5.82 Å². The first-order chi connectivity index (χ1) is 13.7. The molecule has 2 aromatic heterocycles. The quantitative estimate of drug-likeness (QED) is 0.684. The van der Waals surface area contributed by atoms with Gasteiger partial charge in [0, 0.05) is 31.1 Å². The SMILES string of the molecule is CCc1cc2c(N3CCN(C(=O)Cc4ccccc4)CC3)nc(C#N)nc2s1. The Morgan fingerprint density at radius 3 is 2.61 bits per heavy atom. The lowest BCUT2D eigenvalue weighted by molar-refractivity contribution is -0.130. The van der Waals surface area contributed by atoms with Crippen LogP contribution in [0.15, 0.2) is 36.4 Å². The Morgan fingerprint density at radius 2 is 1.93 bits per heavy atom. The van der Waals surface area contributed by atoms with E-state index >= 15 is 0 Å². The van der Waals surface area contributed by atoms with Crippen molar-refractivity contribution in [3.63, 3.8) is 0 Å². The fourth-order valence-corrected chi connectivity index (χ4v) is 4.43. The minimum absolute atomic E-state index is 0.153. The smallest absolute Gasteiger partial charge is 0.235 e. The Hall–Kier alpha value is -2.98. The molecule has 3 aromatic rings. The number of rotatable bonds is 4. The second-order valence-corrected chi connectivity index (χ2v) is 7.91. The zero-order valence-electron chi connectivity index (χ0n) is 15.8. The van der Waals surface area contributed by atoms with Gasteiger partial charge in [-0.3, -0.25) is 4.79 Å². The van der Waals surface area contributed by atoms with Gasteiger partial charge in [0.15, 0.2) is 0 Å². The van der Waals surface area contributed by atoms with E-state index in [0.717, 1.165) is 28.0 Å². The monoisotopic (exact) mass is 391 g/mol. The summed E-state index contributed by atoms with van der Waals surface area (Å²) >= 11 is 1.62. The van der Waals surface area contributed by atoms with Crippen LogP contribution >= 0.6 is 11.3 Å². The van der Waals surface area contributed by atoms with Gasteiger partial charge in [-0.1, -0.05) is 37.3 Å². The predicted octanol–water partition coefficient (Wildman–Crippen LogP) is 3.02. The minimum atomic E-state index is 0.153. The summed E-state index contributed by atoms with van der Waals surface area (Å²) in [5, 5.41) is 10.3. The number of aromatic nitrogens is 2. The van der Waals surface area contributed by atoms with Crippen LogP contribution in [0.1, 0.15) is 23.2 Å². The lowest BCUT2D eigenvalue weighted by Crippen LogP contribution is -2.49. The molecule has 1 fully saturated rings. The molecule has 7 heteroatoms. The highest BCUT2D eigenvalue weighted by atomic mass is 32.1. The first-order valence-electron chi connectivity index (χ1n) is 9.45. The van der Waals surface area contributed by atoms with E-state index in [1.54, 1.807) is 11.3 Å². The van der Waals surface area contributed by atoms with Crippen LogP contribution in [-0.2, 0) is 17.6 Å². The zero-order chi connectivity index (χ0) is 19.5. The average molecular weight is 392 g/mol. The highest BCUT2D eigenvalue weighted by molar-refractivity contribution is 7.18. The van der Waals surface area contributed by atoms with Crippen molar-refractivity contribution in [3.05, 3.63) is 52.7 Å². The number of aryl methyl sites for hydroxylation is 1. The van der Waals surface area contributed by atoms with Gasteiger partial charge in [-0.05, 0) is 18.1 Å². The van der Waals surface area contributed by atoms with Crippen LogP contribution in [0.25, 0.3) is 10.2 Å². The molecule has 0 N–H and O–H groups in total. The third kappa shape index (κ3) is 3.69. The van der Waals surface area contributed by atoms with Gasteiger partial charge >= 0.3 is 0 Å². The number of carbonyl (C=O) groups is 1. The molecule has 0 unspecified atom stereocenters. The standard InChI is InChI=1S/C21H21N5OS/c1-2-16-13-17-20(23-18(14-22)24-21(17)28-16)26-10-8-25(9-11-26)19(27)12-15-6-4-3-5-7-15/h3-7,13H,2,8-12H2,1H3. The number of hydrogen-bond acceptors (Lipinski definition) is 6. The predicted molar refractivity (Wildman–Crippen MR) is 110 cm³/mol. The molecule has 4 rings (SSSR count). The first kappa shape index (κ1) is 18.4. The number of thiophene rings is 1. The Bertz CT molecular complexity index is 1030. The fraction of sp³-hybridized carbons (Fsp3) is 0.333. The van der Waals surface area contributed by atoms with Gasteiger partial charge in [0.1, 0.15) is 16.7 Å². The number of nitrogens with zero attached hydrogens (tertiary/aromatic N) is 5. The van der Waals surface area contributed by atoms with Crippen molar-refractivity contribution < 1.29 is 4.79 Å². The van der Waals surface area contributed by atoms with E-state index in [4.69, 9.17) is 0 Å². The fourth-order valence-electron chi connectivity index (χ4n) is 3.47. The molecule has 3 heterocycles. The van der Waals surface area contributed by atoms with E-state index < -0.39 is 0 Å². The zero-order valence-corrected chi connectivity index (χ0v) is 16.6. The van der Waals surface area contributed by atoms with Gasteiger partial charge in [0.25, 0.3) is 0 Å². The molecule has 0 saturated carbocycles. The second kappa shape index (κ2) is 7.95. The van der Waals surface area contributed by atoms with Crippen LogP contribution in [0.3, 0.4) is 0 Å². The molecule has 0 radical (unpaired) electrons. The number of benzene rings is 1. The Kier molecular flexibility index (Phi) is 5.22. The third-order valence-electron chi connectivity index (χ3n) is 5.00. The van der Waals surface area contributed by atoms with Gasteiger partial charge in [0.05, 0.1) is 11.8 Å². The topological polar surface area (TPSA) is 73.1 Å². The molecular weight excluding hydrogens is 370 g/mol. The Balaban J connectivity index is 1.50. The van der Waals surface area contributed by atoms with Gasteiger partial charge < -0.3 is 9.80 Å². The highest BCUT2D eigenvalue weighted by Gasteiger charge is 2.24. The molecule has 1 aliphatic rings. The lowest BCUT2D eigenvalue weighted by Gasteiger charge is -2.35. The van der Waals surface area contributed by atoms with Crippen molar-refractivity contribution >= 4 is 33.3 Å². The van der Waals surface area contributed by atoms with Crippen LogP contribution in [0.2, 0.25) is 0 Å². The Labute approximate surface area is 168 Å². The molecule has 28 heavy (non-hydrogen) atoms. The van der Waals surface area contributed by atoms with E-state index in [9.17, 15) is 10.1 Å². The summed E-state index contributed by atoms with van der Waals surface area (Å²) in [6, 6.07) is 14.0. The van der Waals surface area contributed by atoms with Crippen molar-refractivity contribution in [3.8, 4) is 6.07 Å². The van der Waals surface area contributed by atoms with Crippen LogP contribution in [0.5, 0.6) is 0 Å². The Morgan fingerprint density at radius 1 is 1.18 bits per heavy atom. The number of hydrogen-bond donors (Lipinski definition) is 0. The molecule has 0 spiro atoms. The molecule has 1 aliphatic heterocycles. The number of anilines is 1. The number of nitriles is 1. The van der Waals surface area contributed by atoms with E-state index in [-0.39, 0.29) is 11.7 Å². The molecule has 6 nitrogen and oxygen atoms in total. The summed E-state index contributed by atoms with van der Waals surface area (Å²) < 4.78 is 0. The van der Waals surface area contributed by atoms with E-state index in [1.807, 2.05) is 35.2 Å². The summed E-state index contributed by atoms with van der Waals surface area (Å²) in [5.74, 6) is 1.17. The third-order valence-corrected chi connectivity index (χ3v) is 6.18. The highest BCUT2D eigenvalue weighted by Crippen LogP contribution is 2.31. The van der Waals surface area contributed by atoms with E-state index in [2.05, 4.69) is 33.9 Å². The maximum absolute atomic E-state index is 12.6. The largest absolute Gasteiger partial charge is 0.352 e. The normalized spacial score (nSPS) is 14.3. The van der Waals surface area contributed by atoms with Crippen molar-refractivity contribution in [2.45, 2.75) is 19.8 Å². The summed E-state index contributed by atoms with van der Waals surface area (Å²) in [5.41, 5.74) is 1.04. The molecule has 0 atom stereocenters. The van der Waals surface area contributed by atoms with Gasteiger partial charge in [-0.15, -0.1) is 11.3 Å². The summed E-state index contributed by atoms with van der Waals surface area (Å²) in [6.45, 7) is 4.83. The molecule has 1 saturated heterocycles. The average Bonchev–Trinajstić information content (AvgIpc) is 3.17. The number of amides is 1. The molecule has 0 aliphatic carbocycles. The van der Waals surface area contributed by atoms with Crippen molar-refractivity contribution in [1.82, 2.24) is 14.9 Å². The number of fused-ring (bicyclic) bond motifs is 1. The maximum atomic E-state index is 12.6. The lowest BCUT2D eigenvalue weighted by atomic mass is 10.1. The van der Waals surface area contributed by atoms with Crippen molar-refractivity contribution in [2.75, 3.05) is 31.1 Å². The van der Waals surface area contributed by atoms with Crippen molar-refractivity contribution in [1.29, 1.82) is 5.26 Å². The summed E-state index contributed by atoms with van der Waals surface area (Å²) in [4.78, 5) is 27.6. The van der Waals surface area contributed by atoms with E-state index in [1.165, 1.54) is 4.88 Å². The molecule has 0 bridgehead atoms. The van der Waals surface area contributed by atoms with Crippen LogP contribution in [0, 0.1) is 11.3 Å². The molecule has 1 aromatic carbocycles. The van der Waals surface area contributed by atoms with Crippen LogP contribution in [-0.4, -0.2) is 47.0 Å². The van der Waals surface area contributed by atoms with Gasteiger partial charge in [-0.25, -0.2) is 9.97 Å². The molecule has 142 valence electrons. The second-order valence-electron chi connectivity index (χ2n) is 6.80. The molecule has 1 amide bonds. The minimum Gasteiger partial charge on any atom is -0.352 e. The summed E-state index contributed by atoms with van der Waals surface area (Å²) in [6.07, 6.45) is 1.37. The summed E-state index contributed by atoms with van der Waals surface area (Å²) in [7, 11) is 0. The van der Waals surface area contributed by atoms with E-state index in [0.29, 0.717) is 32.6 Å². The maximum Gasteiger partial charge on any atom is 0.235 e. The van der Waals surface area contributed by atoms with Gasteiger partial charge in [-0.2, -0.15) is 5.26 Å². The molecular formula is C21H21N5OS. The number of carbonyl (C=O) groups excluding carboxylic acids is 1. The first-order valence-corrected chi connectivity index (χ1v) is 10.3. The number of piperazine rings is 1.